The van der Waals surface area contributed by atoms with Crippen LogP contribution in [-0.4, -0.2) is 22.4 Å². The molecule has 0 spiro atoms. The van der Waals surface area contributed by atoms with Crippen LogP contribution >= 0.6 is 0 Å². The van der Waals surface area contributed by atoms with E-state index in [2.05, 4.69) is 5.32 Å². The van der Waals surface area contributed by atoms with Gasteiger partial charge in [0.2, 0.25) is 0 Å². The molecule has 0 aromatic carbocycles. The van der Waals surface area contributed by atoms with Crippen LogP contribution in [0.5, 0.6) is 0 Å². The molecule has 1 aliphatic rings. The van der Waals surface area contributed by atoms with E-state index in [0.29, 0.717) is 16.0 Å². The molecular formula is C8H7FN2O2. The summed E-state index contributed by atoms with van der Waals surface area (Å²) in [6.45, 7) is 0.229. The van der Waals surface area contributed by atoms with Gasteiger partial charge in [0.25, 0.3) is 0 Å². The summed E-state index contributed by atoms with van der Waals surface area (Å²) in [7, 11) is 0. The highest BCUT2D eigenvalue weighted by Gasteiger charge is 2.15. The van der Waals surface area contributed by atoms with Gasteiger partial charge < -0.3 is 10.4 Å². The molecule has 13 heavy (non-hydrogen) atoms. The summed E-state index contributed by atoms with van der Waals surface area (Å²) in [5, 5.41) is 11.5. The highest BCUT2D eigenvalue weighted by Crippen LogP contribution is 2.24. The standard InChI is InChI=1S/C8H7FN2O2/c9-11-3-6-1-5(8(12)13)2-10-7(6)4-11/h1,3-4,10H,2H2,(H,12,13). The van der Waals surface area contributed by atoms with Crippen LogP contribution in [0.4, 0.5) is 10.2 Å². The van der Waals surface area contributed by atoms with Crippen LogP contribution in [-0.2, 0) is 4.79 Å². The van der Waals surface area contributed by atoms with Crippen molar-refractivity contribution in [3.05, 3.63) is 23.5 Å². The molecule has 5 heteroatoms. The van der Waals surface area contributed by atoms with Crippen molar-refractivity contribution in [2.45, 2.75) is 0 Å². The van der Waals surface area contributed by atoms with E-state index in [4.69, 9.17) is 5.11 Å². The Hall–Kier alpha value is -1.78. The van der Waals surface area contributed by atoms with Gasteiger partial charge in [-0.3, -0.25) is 0 Å². The van der Waals surface area contributed by atoms with E-state index in [1.54, 1.807) is 0 Å². The van der Waals surface area contributed by atoms with Crippen molar-refractivity contribution in [3.63, 3.8) is 0 Å². The molecule has 0 radical (unpaired) electrons. The average molecular weight is 182 g/mol. The zero-order valence-electron chi connectivity index (χ0n) is 6.62. The van der Waals surface area contributed by atoms with E-state index in [1.165, 1.54) is 18.5 Å². The molecule has 0 saturated carbocycles. The topological polar surface area (TPSA) is 54.3 Å². The fourth-order valence-electron chi connectivity index (χ4n) is 1.27. The maximum atomic E-state index is 12.6. The number of carboxylic acids is 1. The Balaban J connectivity index is 2.43. The number of anilines is 1. The van der Waals surface area contributed by atoms with Crippen LogP contribution in [0, 0.1) is 0 Å². The second-order valence-corrected chi connectivity index (χ2v) is 2.80. The highest BCUT2D eigenvalue weighted by atomic mass is 19.2. The quantitative estimate of drug-likeness (QED) is 0.684. The lowest BCUT2D eigenvalue weighted by Crippen LogP contribution is -2.15. The first-order valence-corrected chi connectivity index (χ1v) is 3.72. The van der Waals surface area contributed by atoms with Gasteiger partial charge in [-0.25, -0.2) is 4.79 Å². The summed E-state index contributed by atoms with van der Waals surface area (Å²) in [5.41, 5.74) is 1.41. The maximum Gasteiger partial charge on any atom is 0.333 e. The summed E-state index contributed by atoms with van der Waals surface area (Å²) in [4.78, 5) is 11.0. The molecule has 4 nitrogen and oxygen atoms in total. The van der Waals surface area contributed by atoms with Crippen LogP contribution in [0.1, 0.15) is 5.56 Å². The van der Waals surface area contributed by atoms with Crippen LogP contribution < -0.4 is 5.32 Å². The van der Waals surface area contributed by atoms with Crippen molar-refractivity contribution in [1.82, 2.24) is 4.79 Å². The molecule has 2 heterocycles. The lowest BCUT2D eigenvalue weighted by molar-refractivity contribution is -0.132. The van der Waals surface area contributed by atoms with Crippen molar-refractivity contribution in [2.24, 2.45) is 0 Å². The lowest BCUT2D eigenvalue weighted by Gasteiger charge is -2.11. The number of aliphatic carboxylic acids is 1. The van der Waals surface area contributed by atoms with E-state index < -0.39 is 5.97 Å². The highest BCUT2D eigenvalue weighted by molar-refractivity contribution is 5.95. The van der Waals surface area contributed by atoms with E-state index in [1.807, 2.05) is 0 Å². The maximum absolute atomic E-state index is 12.6. The Morgan fingerprint density at radius 1 is 1.62 bits per heavy atom. The van der Waals surface area contributed by atoms with Gasteiger partial charge in [-0.1, -0.05) is 4.48 Å². The Bertz CT molecular complexity index is 395. The third kappa shape index (κ3) is 1.28. The predicted octanol–water partition coefficient (Wildman–Crippen LogP) is 1.11. The normalized spacial score (nSPS) is 14.4. The van der Waals surface area contributed by atoms with E-state index in [-0.39, 0.29) is 12.1 Å². The molecule has 1 aromatic heterocycles. The van der Waals surface area contributed by atoms with Gasteiger partial charge in [0, 0.05) is 18.3 Å². The summed E-state index contributed by atoms with van der Waals surface area (Å²) in [6.07, 6.45) is 3.96. The van der Waals surface area contributed by atoms with E-state index in [0.717, 1.165) is 0 Å². The third-order valence-electron chi connectivity index (χ3n) is 1.90. The summed E-state index contributed by atoms with van der Waals surface area (Å²) in [5.74, 6) is -0.982. The van der Waals surface area contributed by atoms with Gasteiger partial charge in [-0.05, 0) is 6.08 Å². The minimum atomic E-state index is -0.982. The number of fused-ring (bicyclic) bond motifs is 1. The van der Waals surface area contributed by atoms with Crippen LogP contribution in [0.25, 0.3) is 6.08 Å². The lowest BCUT2D eigenvalue weighted by atomic mass is 10.1. The van der Waals surface area contributed by atoms with Crippen molar-refractivity contribution >= 4 is 17.7 Å². The minimum Gasteiger partial charge on any atom is -0.478 e. The number of aromatic nitrogens is 1. The predicted molar refractivity (Wildman–Crippen MR) is 45.0 cm³/mol. The molecule has 1 aliphatic heterocycles. The smallest absolute Gasteiger partial charge is 0.333 e. The molecule has 68 valence electrons. The molecular weight excluding hydrogens is 175 g/mol. The number of nitrogens with zero attached hydrogens (tertiary/aromatic N) is 1. The Morgan fingerprint density at radius 2 is 2.38 bits per heavy atom. The van der Waals surface area contributed by atoms with Crippen LogP contribution in [0.15, 0.2) is 18.0 Å². The monoisotopic (exact) mass is 182 g/mol. The van der Waals surface area contributed by atoms with Gasteiger partial charge in [0.15, 0.2) is 0 Å². The summed E-state index contributed by atoms with van der Waals surface area (Å²) >= 11 is 0. The van der Waals surface area contributed by atoms with Gasteiger partial charge in [0.1, 0.15) is 0 Å². The molecule has 1 aromatic rings. The van der Waals surface area contributed by atoms with Gasteiger partial charge >= 0.3 is 5.97 Å². The molecule has 0 bridgehead atoms. The van der Waals surface area contributed by atoms with Crippen molar-refractivity contribution in [1.29, 1.82) is 0 Å². The molecule has 0 amide bonds. The second-order valence-electron chi connectivity index (χ2n) is 2.80. The Morgan fingerprint density at radius 3 is 3.08 bits per heavy atom. The third-order valence-corrected chi connectivity index (χ3v) is 1.90. The molecule has 2 rings (SSSR count). The summed E-state index contributed by atoms with van der Waals surface area (Å²) < 4.78 is 12.6. The SMILES string of the molecule is O=C(O)C1=Cc2cn(F)cc2NC1. The molecule has 0 unspecified atom stereocenters. The number of halogens is 1. The first-order valence-electron chi connectivity index (χ1n) is 3.72. The number of hydrogen-bond acceptors (Lipinski definition) is 2. The van der Waals surface area contributed by atoms with E-state index >= 15 is 0 Å². The van der Waals surface area contributed by atoms with Crippen LogP contribution in [0.2, 0.25) is 0 Å². The first kappa shape index (κ1) is 7.85. The Kier molecular flexibility index (Phi) is 1.58. The number of hydrogen-bond donors (Lipinski definition) is 2. The van der Waals surface area contributed by atoms with Crippen LogP contribution in [0.3, 0.4) is 0 Å². The zero-order chi connectivity index (χ0) is 9.42. The number of carboxylic acid groups (broad SMARTS) is 1. The minimum absolute atomic E-state index is 0.229. The van der Waals surface area contributed by atoms with Gasteiger partial charge in [0.05, 0.1) is 17.5 Å². The first-order chi connectivity index (χ1) is 6.16. The molecule has 0 atom stereocenters. The van der Waals surface area contributed by atoms with Crippen molar-refractivity contribution < 1.29 is 14.4 Å². The second kappa shape index (κ2) is 2.62. The average Bonchev–Trinajstić information content (AvgIpc) is 2.42. The number of carbonyl (C=O) groups is 1. The number of rotatable bonds is 1. The zero-order valence-corrected chi connectivity index (χ0v) is 6.62. The molecule has 0 aliphatic carbocycles. The molecule has 2 N–H and O–H groups in total. The van der Waals surface area contributed by atoms with E-state index in [9.17, 15) is 9.28 Å². The fourth-order valence-corrected chi connectivity index (χ4v) is 1.27. The Labute approximate surface area is 73.2 Å². The van der Waals surface area contributed by atoms with Crippen molar-refractivity contribution in [3.8, 4) is 0 Å². The van der Waals surface area contributed by atoms with Gasteiger partial charge in [-0.15, -0.1) is 0 Å². The van der Waals surface area contributed by atoms with Crippen molar-refractivity contribution in [2.75, 3.05) is 11.9 Å². The summed E-state index contributed by atoms with van der Waals surface area (Å²) in [6, 6.07) is 0. The largest absolute Gasteiger partial charge is 0.478 e. The molecule has 0 saturated heterocycles. The fraction of sp³-hybridized carbons (Fsp3) is 0.125. The number of nitrogens with one attached hydrogen (secondary N) is 1. The van der Waals surface area contributed by atoms with Gasteiger partial charge in [-0.2, -0.15) is 4.79 Å². The molecule has 0 fully saturated rings.